The zero-order valence-corrected chi connectivity index (χ0v) is 18.1. The summed E-state index contributed by atoms with van der Waals surface area (Å²) in [5, 5.41) is 6.20. The largest absolute Gasteiger partial charge is 0.477 e. The summed E-state index contributed by atoms with van der Waals surface area (Å²) in [6.45, 7) is 3.93. The predicted molar refractivity (Wildman–Crippen MR) is 101 cm³/mol. The lowest BCUT2D eigenvalue weighted by molar-refractivity contribution is -0.188. The Hall–Kier alpha value is -3.80. The molecule has 0 radical (unpaired) electrons. The fourth-order valence-corrected chi connectivity index (χ4v) is 2.93. The molecule has 0 aromatic rings. The number of nitrogens with one attached hydrogen (secondary N) is 2. The van der Waals surface area contributed by atoms with E-state index in [4.69, 9.17) is 24.5 Å². The van der Waals surface area contributed by atoms with Crippen LogP contribution < -0.4 is 10.2 Å². The highest BCUT2D eigenvalue weighted by Crippen LogP contribution is 2.28. The number of nitrogens with zero attached hydrogens (tertiary/aromatic N) is 2. The Morgan fingerprint density at radius 2 is 1.75 bits per heavy atom. The first-order valence-electron chi connectivity index (χ1n) is 9.28. The van der Waals surface area contributed by atoms with Crippen molar-refractivity contribution >= 4 is 29.8 Å². The van der Waals surface area contributed by atoms with Crippen LogP contribution in [-0.2, 0) is 47.7 Å². The molecule has 0 fully saturated rings. The van der Waals surface area contributed by atoms with Crippen LogP contribution in [0, 0.1) is 5.53 Å². The minimum absolute atomic E-state index is 0.372. The van der Waals surface area contributed by atoms with Gasteiger partial charge in [0.05, 0.1) is 7.11 Å². The average molecular weight is 457 g/mol. The zero-order chi connectivity index (χ0) is 24.4. The van der Waals surface area contributed by atoms with Gasteiger partial charge in [-0.1, -0.05) is 0 Å². The Bertz CT molecular complexity index is 836. The number of carbonyl (C=O) groups is 5. The lowest BCUT2D eigenvalue weighted by Crippen LogP contribution is -2.61. The van der Waals surface area contributed by atoms with Crippen LogP contribution in [0.15, 0.2) is 16.9 Å². The lowest BCUT2D eigenvalue weighted by atomic mass is 9.92. The van der Waals surface area contributed by atoms with Gasteiger partial charge in [0.25, 0.3) is 0 Å². The molecule has 0 aromatic heterocycles. The summed E-state index contributed by atoms with van der Waals surface area (Å²) in [6.07, 6.45) is -3.09. The molecular formula is C18H25N4O10+. The standard InChI is InChI=1S/C18H24N4O10/c1-8(23)20-15-12(21-22-19)6-13(18(27)28-5)32-17(15)16(31-11(4)26)14(30-10(3)25)7-29-9(2)24/h6,12,14-17,19H,7H2,1-5H3/p+1/t12-,14+,15+,16+,17+/m0/s1. The SMILES string of the molecule is COC(=O)C1=C[C@H](N=[N+]=N)[C@@H](NC(C)=O)[C@H]([C@H](OC(C)=O)[C@@H](COC(C)=O)OC(C)=O)O1. The molecule has 32 heavy (non-hydrogen) atoms. The summed E-state index contributed by atoms with van der Waals surface area (Å²) in [5.74, 6) is -4.17. The van der Waals surface area contributed by atoms with Crippen LogP contribution in [0.5, 0.6) is 0 Å². The fraction of sp³-hybridized carbons (Fsp3) is 0.611. The van der Waals surface area contributed by atoms with Crippen molar-refractivity contribution in [1.29, 1.82) is 5.53 Å². The van der Waals surface area contributed by atoms with E-state index in [1.54, 1.807) is 0 Å². The van der Waals surface area contributed by atoms with E-state index >= 15 is 0 Å². The average Bonchev–Trinajstić information content (AvgIpc) is 2.69. The second kappa shape index (κ2) is 12.2. The van der Waals surface area contributed by atoms with E-state index in [-0.39, 0.29) is 5.76 Å². The molecule has 14 nitrogen and oxygen atoms in total. The molecule has 2 N–H and O–H groups in total. The molecule has 1 amide bonds. The number of esters is 4. The first-order chi connectivity index (χ1) is 15.0. The highest BCUT2D eigenvalue weighted by atomic mass is 16.6. The van der Waals surface area contributed by atoms with Crippen LogP contribution in [0.2, 0.25) is 0 Å². The summed E-state index contributed by atoms with van der Waals surface area (Å²) >= 11 is 0. The molecule has 1 aliphatic rings. The van der Waals surface area contributed by atoms with E-state index in [0.29, 0.717) is 0 Å². The van der Waals surface area contributed by atoms with Gasteiger partial charge in [-0.05, 0) is 6.08 Å². The van der Waals surface area contributed by atoms with Crippen molar-refractivity contribution < 1.29 is 47.7 Å². The van der Waals surface area contributed by atoms with E-state index in [9.17, 15) is 24.0 Å². The first-order valence-corrected chi connectivity index (χ1v) is 9.28. The summed E-state index contributed by atoms with van der Waals surface area (Å²) in [6, 6.07) is -2.25. The molecule has 14 heteroatoms. The Morgan fingerprint density at radius 3 is 2.22 bits per heavy atom. The van der Waals surface area contributed by atoms with Crippen LogP contribution in [-0.4, -0.2) is 73.9 Å². The van der Waals surface area contributed by atoms with E-state index < -0.39 is 66.8 Å². The number of hydrogen-bond acceptors (Lipinski definition) is 12. The van der Waals surface area contributed by atoms with Crippen molar-refractivity contribution in [3.05, 3.63) is 11.8 Å². The maximum absolute atomic E-state index is 12.1. The molecule has 0 spiro atoms. The fourth-order valence-electron chi connectivity index (χ4n) is 2.93. The van der Waals surface area contributed by atoms with Gasteiger partial charge in [0, 0.05) is 27.7 Å². The van der Waals surface area contributed by atoms with Crippen molar-refractivity contribution in [2.45, 2.75) is 58.1 Å². The zero-order valence-electron chi connectivity index (χ0n) is 18.1. The molecule has 1 aliphatic heterocycles. The Labute approximate surface area is 182 Å². The quantitative estimate of drug-likeness (QED) is 0.193. The van der Waals surface area contributed by atoms with Crippen LogP contribution in [0.25, 0.3) is 0 Å². The van der Waals surface area contributed by atoms with Crippen molar-refractivity contribution in [2.24, 2.45) is 5.11 Å². The monoisotopic (exact) mass is 457 g/mol. The number of carbonyl (C=O) groups excluding carboxylic acids is 5. The molecule has 1 heterocycles. The van der Waals surface area contributed by atoms with Gasteiger partial charge < -0.3 is 29.0 Å². The third-order valence-electron chi connectivity index (χ3n) is 4.02. The molecule has 0 bridgehead atoms. The minimum atomic E-state index is -1.48. The third kappa shape index (κ3) is 7.80. The van der Waals surface area contributed by atoms with Gasteiger partial charge in [0.15, 0.2) is 24.4 Å². The maximum Gasteiger partial charge on any atom is 0.373 e. The van der Waals surface area contributed by atoms with Crippen molar-refractivity contribution in [3.63, 3.8) is 0 Å². The molecular weight excluding hydrogens is 432 g/mol. The molecule has 1 rings (SSSR count). The molecule has 5 atom stereocenters. The maximum atomic E-state index is 12.1. The summed E-state index contributed by atoms with van der Waals surface area (Å²) in [5.41, 5.74) is 7.05. The third-order valence-corrected chi connectivity index (χ3v) is 4.02. The Balaban J connectivity index is 3.57. The number of rotatable bonds is 9. The van der Waals surface area contributed by atoms with Crippen molar-refractivity contribution in [1.82, 2.24) is 10.2 Å². The highest BCUT2D eigenvalue weighted by Gasteiger charge is 2.49. The Morgan fingerprint density at radius 1 is 1.12 bits per heavy atom. The number of ether oxygens (including phenoxy) is 5. The van der Waals surface area contributed by atoms with Gasteiger partial charge in [-0.15, -0.1) is 0 Å². The van der Waals surface area contributed by atoms with E-state index in [2.05, 4.69) is 20.1 Å². The van der Waals surface area contributed by atoms with Gasteiger partial charge in [0.2, 0.25) is 16.6 Å². The molecule has 0 saturated heterocycles. The lowest BCUT2D eigenvalue weighted by Gasteiger charge is -2.39. The second-order valence-electron chi connectivity index (χ2n) is 6.56. The topological polar surface area (TPSA) is 194 Å². The number of hydrogen-bond donors (Lipinski definition) is 2. The smallest absolute Gasteiger partial charge is 0.373 e. The van der Waals surface area contributed by atoms with Gasteiger partial charge in [-0.3, -0.25) is 19.2 Å². The molecule has 0 unspecified atom stereocenters. The van der Waals surface area contributed by atoms with Crippen LogP contribution >= 0.6 is 0 Å². The summed E-state index contributed by atoms with van der Waals surface area (Å²) < 4.78 is 25.7. The molecule has 0 aliphatic carbocycles. The normalized spacial score (nSPS) is 21.3. The molecule has 0 saturated carbocycles. The van der Waals surface area contributed by atoms with Gasteiger partial charge in [-0.25, -0.2) is 4.79 Å². The first kappa shape index (κ1) is 26.2. The Kier molecular flexibility index (Phi) is 9.96. The summed E-state index contributed by atoms with van der Waals surface area (Å²) in [7, 11) is 1.09. The van der Waals surface area contributed by atoms with Gasteiger partial charge in [0.1, 0.15) is 23.3 Å². The summed E-state index contributed by atoms with van der Waals surface area (Å²) in [4.78, 5) is 61.7. The van der Waals surface area contributed by atoms with E-state index in [1.165, 1.54) is 13.0 Å². The van der Waals surface area contributed by atoms with Crippen LogP contribution in [0.1, 0.15) is 27.7 Å². The molecule has 176 valence electrons. The van der Waals surface area contributed by atoms with Crippen LogP contribution in [0.3, 0.4) is 0 Å². The molecule has 0 aromatic carbocycles. The number of methoxy groups -OCH3 is 1. The van der Waals surface area contributed by atoms with E-state index in [1.807, 2.05) is 0 Å². The van der Waals surface area contributed by atoms with Gasteiger partial charge >= 0.3 is 23.9 Å². The minimum Gasteiger partial charge on any atom is -0.477 e. The van der Waals surface area contributed by atoms with Crippen molar-refractivity contribution in [2.75, 3.05) is 13.7 Å². The second-order valence-corrected chi connectivity index (χ2v) is 6.56. The van der Waals surface area contributed by atoms with E-state index in [0.717, 1.165) is 27.9 Å². The van der Waals surface area contributed by atoms with Crippen molar-refractivity contribution in [3.8, 4) is 0 Å². The highest BCUT2D eigenvalue weighted by molar-refractivity contribution is 5.86. The predicted octanol–water partition coefficient (Wildman–Crippen LogP) is -0.708. The van der Waals surface area contributed by atoms with Crippen LogP contribution in [0.4, 0.5) is 0 Å². The number of amides is 1. The van der Waals surface area contributed by atoms with Gasteiger partial charge in [-0.2, -0.15) is 0 Å².